The summed E-state index contributed by atoms with van der Waals surface area (Å²) in [4.78, 5) is 15.0. The SMILES string of the molecule is CN(C)c1nc(NCc2ccccc2)nc(N/N=C/c2cc3c(cc2Br)OCO3)n1. The average molecular weight is 470 g/mol. The lowest BCUT2D eigenvalue weighted by atomic mass is 10.2. The molecule has 0 fully saturated rings. The molecule has 1 aromatic heterocycles. The molecule has 0 spiro atoms. The standard InChI is InChI=1S/C20H20BrN7O2/c1-28(2)20-25-18(22-10-13-6-4-3-5-7-13)24-19(26-20)27-23-11-14-8-16-17(9-15(14)21)30-12-29-16/h3-9,11H,10,12H2,1-2H3,(H2,22,24,25,26,27)/b23-11+. The van der Waals surface area contributed by atoms with Crippen LogP contribution in [0.4, 0.5) is 17.8 Å². The van der Waals surface area contributed by atoms with Crippen molar-refractivity contribution in [2.75, 3.05) is 36.5 Å². The molecule has 30 heavy (non-hydrogen) atoms. The summed E-state index contributed by atoms with van der Waals surface area (Å²) >= 11 is 3.51. The summed E-state index contributed by atoms with van der Waals surface area (Å²) in [5, 5.41) is 7.48. The minimum atomic E-state index is 0.220. The normalized spacial score (nSPS) is 12.2. The van der Waals surface area contributed by atoms with Crippen molar-refractivity contribution in [3.8, 4) is 11.5 Å². The van der Waals surface area contributed by atoms with Gasteiger partial charge in [-0.25, -0.2) is 5.43 Å². The minimum Gasteiger partial charge on any atom is -0.454 e. The van der Waals surface area contributed by atoms with E-state index in [0.29, 0.717) is 35.9 Å². The summed E-state index contributed by atoms with van der Waals surface area (Å²) in [7, 11) is 3.74. The maximum absolute atomic E-state index is 5.41. The summed E-state index contributed by atoms with van der Waals surface area (Å²) in [6.07, 6.45) is 1.65. The first-order chi connectivity index (χ1) is 14.6. The van der Waals surface area contributed by atoms with E-state index < -0.39 is 0 Å². The highest BCUT2D eigenvalue weighted by atomic mass is 79.9. The molecular formula is C20H20BrN7O2. The Balaban J connectivity index is 1.49. The number of anilines is 3. The molecule has 2 N–H and O–H groups in total. The van der Waals surface area contributed by atoms with Gasteiger partial charge in [-0.15, -0.1) is 0 Å². The second-order valence-corrected chi connectivity index (χ2v) is 7.47. The monoisotopic (exact) mass is 469 g/mol. The summed E-state index contributed by atoms with van der Waals surface area (Å²) in [5.41, 5.74) is 4.83. The third-order valence-corrected chi connectivity index (χ3v) is 4.86. The topological polar surface area (TPSA) is 96.8 Å². The fourth-order valence-electron chi connectivity index (χ4n) is 2.66. The molecule has 1 aliphatic rings. The fraction of sp³-hybridized carbons (Fsp3) is 0.200. The van der Waals surface area contributed by atoms with Gasteiger partial charge in [0.25, 0.3) is 0 Å². The van der Waals surface area contributed by atoms with Crippen LogP contribution in [0, 0.1) is 0 Å². The lowest BCUT2D eigenvalue weighted by Gasteiger charge is -2.13. The third kappa shape index (κ3) is 4.77. The van der Waals surface area contributed by atoms with E-state index in [0.717, 1.165) is 15.6 Å². The number of ether oxygens (including phenoxy) is 2. The van der Waals surface area contributed by atoms with Crippen LogP contribution in [-0.2, 0) is 6.54 Å². The number of halogens is 1. The second kappa shape index (κ2) is 8.95. The summed E-state index contributed by atoms with van der Waals surface area (Å²) in [5.74, 6) is 2.69. The zero-order chi connectivity index (χ0) is 20.9. The summed E-state index contributed by atoms with van der Waals surface area (Å²) in [6, 6.07) is 13.7. The molecule has 0 saturated carbocycles. The van der Waals surface area contributed by atoms with Crippen molar-refractivity contribution in [2.45, 2.75) is 6.54 Å². The van der Waals surface area contributed by atoms with Crippen LogP contribution >= 0.6 is 15.9 Å². The lowest BCUT2D eigenvalue weighted by molar-refractivity contribution is 0.174. The molecule has 9 nitrogen and oxygen atoms in total. The van der Waals surface area contributed by atoms with Crippen LogP contribution in [0.15, 0.2) is 52.0 Å². The van der Waals surface area contributed by atoms with Crippen LogP contribution in [0.2, 0.25) is 0 Å². The molecule has 0 atom stereocenters. The Bertz CT molecular complexity index is 1060. The van der Waals surface area contributed by atoms with Crippen LogP contribution in [0.3, 0.4) is 0 Å². The van der Waals surface area contributed by atoms with E-state index >= 15 is 0 Å². The molecule has 0 amide bonds. The second-order valence-electron chi connectivity index (χ2n) is 6.61. The van der Waals surface area contributed by atoms with E-state index in [1.54, 1.807) is 11.1 Å². The molecule has 0 radical (unpaired) electrons. The summed E-state index contributed by atoms with van der Waals surface area (Å²) < 4.78 is 11.6. The predicted molar refractivity (Wildman–Crippen MR) is 119 cm³/mol. The molecule has 0 aliphatic carbocycles. The first-order valence-electron chi connectivity index (χ1n) is 9.18. The van der Waals surface area contributed by atoms with Crippen molar-refractivity contribution < 1.29 is 9.47 Å². The van der Waals surface area contributed by atoms with Gasteiger partial charge in [0.2, 0.25) is 24.6 Å². The quantitative estimate of drug-likeness (QED) is 0.400. The number of fused-ring (bicyclic) bond motifs is 1. The largest absolute Gasteiger partial charge is 0.454 e. The molecule has 154 valence electrons. The number of nitrogens with one attached hydrogen (secondary N) is 2. The van der Waals surface area contributed by atoms with Crippen LogP contribution in [0.25, 0.3) is 0 Å². The number of rotatable bonds is 7. The molecule has 10 heteroatoms. The molecule has 0 bridgehead atoms. The molecule has 2 heterocycles. The maximum atomic E-state index is 5.41. The van der Waals surface area contributed by atoms with E-state index in [9.17, 15) is 0 Å². The highest BCUT2D eigenvalue weighted by Crippen LogP contribution is 2.36. The van der Waals surface area contributed by atoms with Crippen molar-refractivity contribution >= 4 is 40.0 Å². The first-order valence-corrected chi connectivity index (χ1v) is 9.97. The number of hydrogen-bond acceptors (Lipinski definition) is 9. The Hall–Kier alpha value is -3.40. The Labute approximate surface area is 182 Å². The van der Waals surface area contributed by atoms with Crippen LogP contribution < -0.4 is 25.1 Å². The fourth-order valence-corrected chi connectivity index (χ4v) is 3.09. The highest BCUT2D eigenvalue weighted by Gasteiger charge is 2.15. The first kappa shape index (κ1) is 19.9. The van der Waals surface area contributed by atoms with E-state index in [-0.39, 0.29) is 6.79 Å². The van der Waals surface area contributed by atoms with Crippen LogP contribution in [0.5, 0.6) is 11.5 Å². The van der Waals surface area contributed by atoms with Crippen LogP contribution in [-0.4, -0.2) is 42.1 Å². The maximum Gasteiger partial charge on any atom is 0.250 e. The molecular weight excluding hydrogens is 450 g/mol. The van der Waals surface area contributed by atoms with Gasteiger partial charge in [0.1, 0.15) is 0 Å². The zero-order valence-electron chi connectivity index (χ0n) is 16.5. The van der Waals surface area contributed by atoms with E-state index in [2.05, 4.69) is 46.7 Å². The van der Waals surface area contributed by atoms with Gasteiger partial charge in [0.05, 0.1) is 6.21 Å². The molecule has 2 aromatic carbocycles. The Morgan fingerprint density at radius 2 is 1.80 bits per heavy atom. The number of benzene rings is 2. The third-order valence-electron chi connectivity index (χ3n) is 4.18. The highest BCUT2D eigenvalue weighted by molar-refractivity contribution is 9.10. The smallest absolute Gasteiger partial charge is 0.250 e. The molecule has 4 rings (SSSR count). The average Bonchev–Trinajstić information content (AvgIpc) is 3.20. The van der Waals surface area contributed by atoms with Gasteiger partial charge in [-0.1, -0.05) is 30.3 Å². The Kier molecular flexibility index (Phi) is 5.94. The molecule has 0 saturated heterocycles. The van der Waals surface area contributed by atoms with Crippen molar-refractivity contribution in [3.63, 3.8) is 0 Å². The van der Waals surface area contributed by atoms with Gasteiger partial charge < -0.3 is 19.7 Å². The van der Waals surface area contributed by atoms with Crippen LogP contribution in [0.1, 0.15) is 11.1 Å². The Morgan fingerprint density at radius 1 is 1.07 bits per heavy atom. The van der Waals surface area contributed by atoms with E-state index in [1.807, 2.05) is 56.6 Å². The number of hydrogen-bond donors (Lipinski definition) is 2. The Morgan fingerprint density at radius 3 is 2.57 bits per heavy atom. The van der Waals surface area contributed by atoms with Gasteiger partial charge in [0, 0.05) is 30.7 Å². The summed E-state index contributed by atoms with van der Waals surface area (Å²) in [6.45, 7) is 0.822. The lowest BCUT2D eigenvalue weighted by Crippen LogP contribution is -2.16. The van der Waals surface area contributed by atoms with Gasteiger partial charge in [0.15, 0.2) is 11.5 Å². The van der Waals surface area contributed by atoms with E-state index in [4.69, 9.17) is 9.47 Å². The molecule has 3 aromatic rings. The van der Waals surface area contributed by atoms with Gasteiger partial charge >= 0.3 is 0 Å². The van der Waals surface area contributed by atoms with Gasteiger partial charge in [-0.05, 0) is 33.6 Å². The van der Waals surface area contributed by atoms with E-state index in [1.165, 1.54) is 0 Å². The van der Waals surface area contributed by atoms with Gasteiger partial charge in [-0.2, -0.15) is 20.1 Å². The number of hydrazone groups is 1. The van der Waals surface area contributed by atoms with Crippen molar-refractivity contribution in [1.29, 1.82) is 0 Å². The zero-order valence-corrected chi connectivity index (χ0v) is 18.0. The van der Waals surface area contributed by atoms with Gasteiger partial charge in [-0.3, -0.25) is 0 Å². The minimum absolute atomic E-state index is 0.220. The molecule has 1 aliphatic heterocycles. The van der Waals surface area contributed by atoms with Crippen molar-refractivity contribution in [3.05, 3.63) is 58.1 Å². The molecule has 0 unspecified atom stereocenters. The number of nitrogens with zero attached hydrogens (tertiary/aromatic N) is 5. The predicted octanol–water partition coefficient (Wildman–Crippen LogP) is 3.49. The number of aromatic nitrogens is 3. The van der Waals surface area contributed by atoms with Crippen molar-refractivity contribution in [1.82, 2.24) is 15.0 Å². The van der Waals surface area contributed by atoms with Crippen molar-refractivity contribution in [2.24, 2.45) is 5.10 Å².